The molecule has 2 nitrogen and oxygen atoms in total. The van der Waals surface area contributed by atoms with Gasteiger partial charge in [-0.2, -0.15) is 0 Å². The molecule has 0 N–H and O–H groups in total. The SMILES string of the molecule is Ic1cc(-c2ccc(-c3ccccc3)cc2)nc(-c2cccc3sc4ccccc4c23)n1. The van der Waals surface area contributed by atoms with E-state index in [-0.39, 0.29) is 0 Å². The molecule has 2 aromatic heterocycles. The average molecular weight is 540 g/mol. The van der Waals surface area contributed by atoms with E-state index in [1.807, 2.05) is 23.5 Å². The molecule has 0 bridgehead atoms. The molecule has 0 amide bonds. The zero-order valence-electron chi connectivity index (χ0n) is 17.0. The molecule has 0 saturated heterocycles. The van der Waals surface area contributed by atoms with Crippen LogP contribution in [0, 0.1) is 3.70 Å². The molecule has 0 radical (unpaired) electrons. The standard InChI is InChI=1S/C28H17IN2S/c29-26-17-23(20-15-13-19(14-16-20)18-7-2-1-3-8-18)30-28(31-26)22-10-6-12-25-27(22)21-9-4-5-11-24(21)32-25/h1-17H. The number of hydrogen-bond donors (Lipinski definition) is 0. The van der Waals surface area contributed by atoms with Crippen molar-refractivity contribution in [3.8, 4) is 33.8 Å². The molecule has 0 atom stereocenters. The van der Waals surface area contributed by atoms with E-state index in [0.29, 0.717) is 0 Å². The van der Waals surface area contributed by atoms with Crippen LogP contribution in [0.4, 0.5) is 0 Å². The molecular weight excluding hydrogens is 523 g/mol. The van der Waals surface area contributed by atoms with E-state index in [0.717, 1.165) is 26.3 Å². The average Bonchev–Trinajstić information content (AvgIpc) is 3.23. The summed E-state index contributed by atoms with van der Waals surface area (Å²) in [5, 5.41) is 2.50. The van der Waals surface area contributed by atoms with E-state index < -0.39 is 0 Å². The zero-order chi connectivity index (χ0) is 21.5. The van der Waals surface area contributed by atoms with E-state index >= 15 is 0 Å². The molecule has 4 heteroatoms. The van der Waals surface area contributed by atoms with Crippen LogP contribution in [0.25, 0.3) is 53.9 Å². The highest BCUT2D eigenvalue weighted by molar-refractivity contribution is 14.1. The van der Waals surface area contributed by atoms with Crippen molar-refractivity contribution in [3.63, 3.8) is 0 Å². The minimum atomic E-state index is 0.771. The minimum absolute atomic E-state index is 0.771. The van der Waals surface area contributed by atoms with Gasteiger partial charge in [0.05, 0.1) is 5.69 Å². The third-order valence-corrected chi connectivity index (χ3v) is 7.31. The second kappa shape index (κ2) is 8.11. The summed E-state index contributed by atoms with van der Waals surface area (Å²) in [5.41, 5.74) is 5.53. The Hall–Kier alpha value is -3.09. The van der Waals surface area contributed by atoms with Crippen molar-refractivity contribution >= 4 is 54.1 Å². The van der Waals surface area contributed by atoms with Crippen molar-refractivity contribution in [1.82, 2.24) is 9.97 Å². The maximum absolute atomic E-state index is 5.00. The molecule has 0 saturated carbocycles. The van der Waals surface area contributed by atoms with Crippen LogP contribution in [0.15, 0.2) is 103 Å². The summed E-state index contributed by atoms with van der Waals surface area (Å²) in [6.07, 6.45) is 0. The predicted molar refractivity (Wildman–Crippen MR) is 144 cm³/mol. The van der Waals surface area contributed by atoms with Crippen LogP contribution in [-0.2, 0) is 0 Å². The third-order valence-electron chi connectivity index (χ3n) is 5.63. The lowest BCUT2D eigenvalue weighted by Gasteiger charge is -2.09. The number of halogens is 1. The maximum Gasteiger partial charge on any atom is 0.161 e. The summed E-state index contributed by atoms with van der Waals surface area (Å²) in [6.45, 7) is 0. The molecule has 6 rings (SSSR count). The molecule has 32 heavy (non-hydrogen) atoms. The maximum atomic E-state index is 5.00. The molecule has 0 fully saturated rings. The van der Waals surface area contributed by atoms with Crippen LogP contribution < -0.4 is 0 Å². The second-order valence-electron chi connectivity index (χ2n) is 7.62. The first-order valence-corrected chi connectivity index (χ1v) is 12.3. The monoisotopic (exact) mass is 540 g/mol. The van der Waals surface area contributed by atoms with Crippen LogP contribution in [0.5, 0.6) is 0 Å². The fourth-order valence-electron chi connectivity index (χ4n) is 4.11. The number of fused-ring (bicyclic) bond motifs is 3. The molecule has 0 aliphatic rings. The Morgan fingerprint density at radius 1 is 0.594 bits per heavy atom. The smallest absolute Gasteiger partial charge is 0.161 e. The molecule has 2 heterocycles. The van der Waals surface area contributed by atoms with Gasteiger partial charge in [-0.3, -0.25) is 0 Å². The van der Waals surface area contributed by atoms with Gasteiger partial charge in [0.25, 0.3) is 0 Å². The summed E-state index contributed by atoms with van der Waals surface area (Å²) in [4.78, 5) is 9.81. The van der Waals surface area contributed by atoms with Gasteiger partial charge in [0, 0.05) is 31.3 Å². The van der Waals surface area contributed by atoms with Crippen molar-refractivity contribution in [2.75, 3.05) is 0 Å². The quantitative estimate of drug-likeness (QED) is 0.166. The summed E-state index contributed by atoms with van der Waals surface area (Å²) < 4.78 is 3.49. The first-order chi connectivity index (χ1) is 15.8. The van der Waals surface area contributed by atoms with Gasteiger partial charge in [-0.25, -0.2) is 9.97 Å². The van der Waals surface area contributed by atoms with Crippen LogP contribution in [-0.4, -0.2) is 9.97 Å². The first-order valence-electron chi connectivity index (χ1n) is 10.4. The Balaban J connectivity index is 1.48. The number of aromatic nitrogens is 2. The van der Waals surface area contributed by atoms with Crippen LogP contribution in [0.3, 0.4) is 0 Å². The largest absolute Gasteiger partial charge is 0.228 e. The molecule has 0 aliphatic heterocycles. The Morgan fingerprint density at radius 3 is 2.12 bits per heavy atom. The van der Waals surface area contributed by atoms with E-state index in [2.05, 4.69) is 114 Å². The molecule has 0 aliphatic carbocycles. The zero-order valence-corrected chi connectivity index (χ0v) is 20.0. The fraction of sp³-hybridized carbons (Fsp3) is 0. The Labute approximate surface area is 203 Å². The number of thiophene rings is 1. The first kappa shape index (κ1) is 19.6. The number of hydrogen-bond acceptors (Lipinski definition) is 3. The van der Waals surface area contributed by atoms with E-state index in [9.17, 15) is 0 Å². The van der Waals surface area contributed by atoms with Gasteiger partial charge in [0.2, 0.25) is 0 Å². The number of nitrogens with zero attached hydrogens (tertiary/aromatic N) is 2. The Bertz CT molecular complexity index is 1570. The predicted octanol–water partition coefficient (Wildman–Crippen LogP) is 8.45. The van der Waals surface area contributed by atoms with Crippen molar-refractivity contribution in [3.05, 3.63) is 107 Å². The number of rotatable bonds is 3. The minimum Gasteiger partial charge on any atom is -0.228 e. The topological polar surface area (TPSA) is 25.8 Å². The molecule has 4 aromatic carbocycles. The lowest BCUT2D eigenvalue weighted by Crippen LogP contribution is -1.95. The molecule has 0 unspecified atom stereocenters. The van der Waals surface area contributed by atoms with Gasteiger partial charge in [0.15, 0.2) is 5.82 Å². The Kier molecular flexibility index (Phi) is 4.97. The van der Waals surface area contributed by atoms with E-state index in [1.54, 1.807) is 0 Å². The van der Waals surface area contributed by atoms with Crippen molar-refractivity contribution in [2.45, 2.75) is 0 Å². The van der Waals surface area contributed by atoms with Gasteiger partial charge in [0.1, 0.15) is 3.70 Å². The van der Waals surface area contributed by atoms with Gasteiger partial charge in [-0.1, -0.05) is 84.9 Å². The molecule has 6 aromatic rings. The fourth-order valence-corrected chi connectivity index (χ4v) is 5.77. The summed E-state index contributed by atoms with van der Waals surface area (Å²) in [6, 6.07) is 36.1. The highest BCUT2D eigenvalue weighted by Gasteiger charge is 2.14. The van der Waals surface area contributed by atoms with Crippen molar-refractivity contribution < 1.29 is 0 Å². The lowest BCUT2D eigenvalue weighted by atomic mass is 10.0. The van der Waals surface area contributed by atoms with E-state index in [1.165, 1.54) is 31.3 Å². The molecule has 152 valence electrons. The summed E-state index contributed by atoms with van der Waals surface area (Å²) in [7, 11) is 0. The van der Waals surface area contributed by atoms with Gasteiger partial charge in [-0.05, 0) is 51.9 Å². The van der Waals surface area contributed by atoms with Crippen molar-refractivity contribution in [2.24, 2.45) is 0 Å². The third kappa shape index (κ3) is 3.49. The van der Waals surface area contributed by atoms with Gasteiger partial charge in [-0.15, -0.1) is 11.3 Å². The Morgan fingerprint density at radius 2 is 1.28 bits per heavy atom. The van der Waals surface area contributed by atoms with Crippen molar-refractivity contribution in [1.29, 1.82) is 0 Å². The lowest BCUT2D eigenvalue weighted by molar-refractivity contribution is 1.15. The number of benzene rings is 4. The summed E-state index contributed by atoms with van der Waals surface area (Å²) in [5.74, 6) is 0.771. The molecular formula is C28H17IN2S. The van der Waals surface area contributed by atoms with Crippen LogP contribution in [0.2, 0.25) is 0 Å². The van der Waals surface area contributed by atoms with Crippen LogP contribution in [0.1, 0.15) is 0 Å². The van der Waals surface area contributed by atoms with E-state index in [4.69, 9.17) is 9.97 Å². The normalized spacial score (nSPS) is 11.3. The van der Waals surface area contributed by atoms with Crippen LogP contribution >= 0.6 is 33.9 Å². The summed E-state index contributed by atoms with van der Waals surface area (Å²) >= 11 is 4.11. The highest BCUT2D eigenvalue weighted by atomic mass is 127. The molecule has 0 spiro atoms. The highest BCUT2D eigenvalue weighted by Crippen LogP contribution is 2.39. The second-order valence-corrected chi connectivity index (χ2v) is 9.81. The van der Waals surface area contributed by atoms with Gasteiger partial charge < -0.3 is 0 Å². The van der Waals surface area contributed by atoms with Gasteiger partial charge >= 0.3 is 0 Å².